The van der Waals surface area contributed by atoms with Crippen molar-refractivity contribution >= 4 is 5.97 Å². The number of benzene rings is 1. The molecule has 0 aromatic heterocycles. The molecule has 4 nitrogen and oxygen atoms in total. The van der Waals surface area contributed by atoms with Crippen LogP contribution in [-0.2, 0) is 16.0 Å². The van der Waals surface area contributed by atoms with Crippen LogP contribution in [0.3, 0.4) is 0 Å². The lowest BCUT2D eigenvalue weighted by atomic mass is 9.55. The predicted molar refractivity (Wildman–Crippen MR) is 94.2 cm³/mol. The molecular formula is C21H28O4. The summed E-state index contributed by atoms with van der Waals surface area (Å²) in [7, 11) is 0. The Kier molecular flexibility index (Phi) is 4.06. The van der Waals surface area contributed by atoms with Gasteiger partial charge in [0.1, 0.15) is 5.75 Å². The van der Waals surface area contributed by atoms with Gasteiger partial charge in [-0.3, -0.25) is 4.79 Å². The molecule has 136 valence electrons. The maximum absolute atomic E-state index is 12.3. The van der Waals surface area contributed by atoms with E-state index >= 15 is 0 Å². The van der Waals surface area contributed by atoms with Gasteiger partial charge in [-0.15, -0.1) is 0 Å². The van der Waals surface area contributed by atoms with Gasteiger partial charge in [-0.05, 0) is 85.5 Å². The molecule has 0 bridgehead atoms. The number of ether oxygens (including phenoxy) is 1. The zero-order chi connectivity index (χ0) is 17.8. The number of fused-ring (bicyclic) bond motifs is 5. The van der Waals surface area contributed by atoms with Gasteiger partial charge in [-0.1, -0.05) is 13.0 Å². The van der Waals surface area contributed by atoms with E-state index in [0.29, 0.717) is 30.1 Å². The minimum Gasteiger partial charge on any atom is -0.508 e. The summed E-state index contributed by atoms with van der Waals surface area (Å²) in [5.41, 5.74) is 2.45. The van der Waals surface area contributed by atoms with Crippen LogP contribution in [0.1, 0.15) is 56.6 Å². The van der Waals surface area contributed by atoms with E-state index in [1.165, 1.54) is 11.1 Å². The predicted octanol–water partition coefficient (Wildman–Crippen LogP) is 3.40. The molecule has 6 atom stereocenters. The Bertz CT molecular complexity index is 684. The number of hydrogen-bond acceptors (Lipinski definition) is 4. The maximum atomic E-state index is 12.3. The van der Waals surface area contributed by atoms with E-state index < -0.39 is 6.10 Å². The van der Waals surface area contributed by atoms with Gasteiger partial charge in [0.05, 0.1) is 18.6 Å². The van der Waals surface area contributed by atoms with Crippen LogP contribution in [0.15, 0.2) is 18.2 Å². The molecule has 2 N–H and O–H groups in total. The Morgan fingerprint density at radius 2 is 2.16 bits per heavy atom. The molecule has 4 heteroatoms. The number of hydrogen-bond donors (Lipinski definition) is 2. The third-order valence-electron chi connectivity index (χ3n) is 7.30. The normalized spacial score (nSPS) is 39.2. The summed E-state index contributed by atoms with van der Waals surface area (Å²) in [6.07, 6.45) is 4.17. The summed E-state index contributed by atoms with van der Waals surface area (Å²) in [4.78, 5) is 12.3. The lowest BCUT2D eigenvalue weighted by molar-refractivity contribution is -0.152. The number of carbonyl (C=O) groups is 1. The zero-order valence-corrected chi connectivity index (χ0v) is 15.1. The van der Waals surface area contributed by atoms with Crippen molar-refractivity contribution in [3.05, 3.63) is 29.3 Å². The van der Waals surface area contributed by atoms with E-state index in [1.54, 1.807) is 6.07 Å². The second-order valence-electron chi connectivity index (χ2n) is 8.38. The molecule has 0 spiro atoms. The molecule has 2 saturated carbocycles. The Morgan fingerprint density at radius 1 is 1.36 bits per heavy atom. The first-order valence-electron chi connectivity index (χ1n) is 9.62. The molecule has 2 fully saturated rings. The third-order valence-corrected chi connectivity index (χ3v) is 7.30. The Labute approximate surface area is 149 Å². The Hall–Kier alpha value is -1.55. The fraction of sp³-hybridized carbons (Fsp3) is 0.667. The molecule has 0 radical (unpaired) electrons. The van der Waals surface area contributed by atoms with Crippen LogP contribution in [0, 0.1) is 23.2 Å². The number of aromatic hydroxyl groups is 1. The van der Waals surface area contributed by atoms with Gasteiger partial charge in [0.2, 0.25) is 0 Å². The highest BCUT2D eigenvalue weighted by Gasteiger charge is 2.59. The van der Waals surface area contributed by atoms with E-state index in [9.17, 15) is 15.0 Å². The summed E-state index contributed by atoms with van der Waals surface area (Å²) in [5.74, 6) is 1.08. The quantitative estimate of drug-likeness (QED) is 0.807. The first kappa shape index (κ1) is 16.9. The van der Waals surface area contributed by atoms with E-state index in [1.807, 2.05) is 13.0 Å². The smallest absolute Gasteiger partial charge is 0.311 e. The molecule has 1 aromatic carbocycles. The van der Waals surface area contributed by atoms with Crippen molar-refractivity contribution in [2.24, 2.45) is 23.2 Å². The number of aliphatic hydroxyl groups excluding tert-OH is 1. The van der Waals surface area contributed by atoms with Crippen molar-refractivity contribution in [1.82, 2.24) is 0 Å². The summed E-state index contributed by atoms with van der Waals surface area (Å²) >= 11 is 0. The first-order chi connectivity index (χ1) is 12.0. The van der Waals surface area contributed by atoms with Crippen molar-refractivity contribution in [2.45, 2.75) is 58.0 Å². The van der Waals surface area contributed by atoms with E-state index in [0.717, 1.165) is 32.1 Å². The minimum absolute atomic E-state index is 0.187. The average molecular weight is 344 g/mol. The van der Waals surface area contributed by atoms with Gasteiger partial charge in [-0.25, -0.2) is 0 Å². The van der Waals surface area contributed by atoms with Crippen molar-refractivity contribution in [3.8, 4) is 5.75 Å². The van der Waals surface area contributed by atoms with Gasteiger partial charge in [0, 0.05) is 0 Å². The van der Waals surface area contributed by atoms with Gasteiger partial charge < -0.3 is 14.9 Å². The van der Waals surface area contributed by atoms with Gasteiger partial charge >= 0.3 is 5.97 Å². The fourth-order valence-corrected chi connectivity index (χ4v) is 6.06. The van der Waals surface area contributed by atoms with Crippen LogP contribution in [0.4, 0.5) is 0 Å². The Morgan fingerprint density at radius 3 is 2.92 bits per heavy atom. The second kappa shape index (κ2) is 6.01. The molecule has 3 aliphatic carbocycles. The average Bonchev–Trinajstić information content (AvgIpc) is 2.86. The monoisotopic (exact) mass is 344 g/mol. The van der Waals surface area contributed by atoms with E-state index in [4.69, 9.17) is 4.74 Å². The molecule has 0 amide bonds. The molecular weight excluding hydrogens is 316 g/mol. The number of phenols is 1. The van der Waals surface area contributed by atoms with Gasteiger partial charge in [0.15, 0.2) is 0 Å². The van der Waals surface area contributed by atoms with Crippen LogP contribution in [0.2, 0.25) is 0 Å². The molecule has 0 saturated heterocycles. The summed E-state index contributed by atoms with van der Waals surface area (Å²) in [6, 6.07) is 5.78. The van der Waals surface area contributed by atoms with Crippen molar-refractivity contribution in [1.29, 1.82) is 0 Å². The van der Waals surface area contributed by atoms with Crippen LogP contribution in [0.25, 0.3) is 0 Å². The van der Waals surface area contributed by atoms with Crippen LogP contribution < -0.4 is 0 Å². The van der Waals surface area contributed by atoms with Gasteiger partial charge in [-0.2, -0.15) is 0 Å². The molecule has 0 unspecified atom stereocenters. The highest BCUT2D eigenvalue weighted by atomic mass is 16.5. The number of phenolic OH excluding ortho intramolecular Hbond substituents is 1. The van der Waals surface area contributed by atoms with E-state index in [2.05, 4.69) is 13.0 Å². The van der Waals surface area contributed by atoms with Crippen molar-refractivity contribution < 1.29 is 19.7 Å². The number of rotatable bonds is 2. The molecule has 4 rings (SSSR count). The number of esters is 1. The van der Waals surface area contributed by atoms with Crippen LogP contribution in [-0.4, -0.2) is 28.9 Å². The maximum Gasteiger partial charge on any atom is 0.311 e. The third kappa shape index (κ3) is 2.49. The van der Waals surface area contributed by atoms with Crippen LogP contribution in [0.5, 0.6) is 5.75 Å². The minimum atomic E-state index is -0.598. The molecule has 0 heterocycles. The second-order valence-corrected chi connectivity index (χ2v) is 8.38. The molecule has 1 aromatic rings. The molecule has 0 aliphatic heterocycles. The largest absolute Gasteiger partial charge is 0.508 e. The molecule has 25 heavy (non-hydrogen) atoms. The Balaban J connectivity index is 1.64. The lowest BCUT2D eigenvalue weighted by Gasteiger charge is -2.50. The number of carbonyl (C=O) groups excluding carboxylic acids is 1. The first-order valence-corrected chi connectivity index (χ1v) is 9.62. The standard InChI is InChI=1S/C21H28O4/c1-3-25-20(24)17-11-18-16-6-4-12-10-13(22)5-7-14(12)15(16)8-9-21(18,2)19(17)23/h5,7,10,15-19,22-23H,3-4,6,8-9,11H2,1-2H3/t15-,16-,17-,18+,19+,21+/m1/s1. The fourth-order valence-electron chi connectivity index (χ4n) is 6.06. The van der Waals surface area contributed by atoms with E-state index in [-0.39, 0.29) is 17.3 Å². The lowest BCUT2D eigenvalue weighted by Crippen LogP contribution is -2.44. The number of aryl methyl sites for hydroxylation is 1. The summed E-state index contributed by atoms with van der Waals surface area (Å²) in [6.45, 7) is 4.36. The topological polar surface area (TPSA) is 66.8 Å². The summed E-state index contributed by atoms with van der Waals surface area (Å²) in [5, 5.41) is 20.7. The summed E-state index contributed by atoms with van der Waals surface area (Å²) < 4.78 is 5.23. The van der Waals surface area contributed by atoms with Gasteiger partial charge in [0.25, 0.3) is 0 Å². The van der Waals surface area contributed by atoms with Crippen LogP contribution >= 0.6 is 0 Å². The highest BCUT2D eigenvalue weighted by Crippen LogP contribution is 2.62. The highest BCUT2D eigenvalue weighted by molar-refractivity contribution is 5.74. The molecule has 3 aliphatic rings. The SMILES string of the molecule is CCOC(=O)[C@@H]1C[C@H]2[C@@H]3CCc4cc(O)ccc4[C@H]3CC[C@]2(C)[C@H]1O. The zero-order valence-electron chi connectivity index (χ0n) is 15.1. The number of aliphatic hydroxyl groups is 1. The van der Waals surface area contributed by atoms with Crippen molar-refractivity contribution in [2.75, 3.05) is 6.61 Å². The van der Waals surface area contributed by atoms with Crippen molar-refractivity contribution in [3.63, 3.8) is 0 Å².